The van der Waals surface area contributed by atoms with Gasteiger partial charge in [-0.15, -0.1) is 0 Å². The minimum atomic E-state index is -4.87. The minimum Gasteiger partial charge on any atom is -0.497 e. The number of methoxy groups -OCH3 is 1. The van der Waals surface area contributed by atoms with E-state index in [-0.39, 0.29) is 18.8 Å². The molecule has 1 fully saturated rings. The lowest BCUT2D eigenvalue weighted by atomic mass is 10.2. The normalized spacial score (nSPS) is 17.8. The summed E-state index contributed by atoms with van der Waals surface area (Å²) < 4.78 is 52.7. The van der Waals surface area contributed by atoms with Crippen molar-refractivity contribution in [2.45, 2.75) is 12.1 Å². The highest BCUT2D eigenvalue weighted by molar-refractivity contribution is 5.94. The second-order valence-corrected chi connectivity index (χ2v) is 3.99. The highest BCUT2D eigenvalue weighted by atomic mass is 19.4. The fourth-order valence-corrected chi connectivity index (χ4v) is 1.68. The number of alkyl halides is 3. The number of amides is 1. The second kappa shape index (κ2) is 5.29. The first kappa shape index (κ1) is 14.6. The molecule has 1 amide bonds. The second-order valence-electron chi connectivity index (χ2n) is 3.99. The Bertz CT molecular complexity index is 480. The third-order valence-electron chi connectivity index (χ3n) is 2.70. The standard InChI is InChI=1S/C12H12F3NO4/c1-18-9-4-2-8(3-5-9)10(17)16-12(11(13,14)15)19-6-7-20-12/h2-5H,6-7H2,1H3,(H,16,17). The molecule has 1 aliphatic rings. The van der Waals surface area contributed by atoms with Crippen LogP contribution in [0.4, 0.5) is 13.2 Å². The molecular formula is C12H12F3NO4. The predicted molar refractivity (Wildman–Crippen MR) is 61.2 cm³/mol. The molecule has 0 saturated carbocycles. The fourth-order valence-electron chi connectivity index (χ4n) is 1.68. The van der Waals surface area contributed by atoms with Gasteiger partial charge in [0.05, 0.1) is 20.3 Å². The van der Waals surface area contributed by atoms with Gasteiger partial charge in [-0.05, 0) is 24.3 Å². The van der Waals surface area contributed by atoms with E-state index in [0.717, 1.165) is 0 Å². The van der Waals surface area contributed by atoms with E-state index in [9.17, 15) is 18.0 Å². The first-order valence-electron chi connectivity index (χ1n) is 5.69. The van der Waals surface area contributed by atoms with E-state index in [1.165, 1.54) is 31.4 Å². The summed E-state index contributed by atoms with van der Waals surface area (Å²) in [4.78, 5) is 11.8. The number of ether oxygens (including phenoxy) is 3. The topological polar surface area (TPSA) is 56.8 Å². The van der Waals surface area contributed by atoms with Gasteiger partial charge >= 0.3 is 12.1 Å². The maximum absolute atomic E-state index is 12.9. The van der Waals surface area contributed by atoms with E-state index in [1.807, 2.05) is 0 Å². The maximum Gasteiger partial charge on any atom is 0.465 e. The fraction of sp³-hybridized carbons (Fsp3) is 0.417. The number of benzene rings is 1. The Morgan fingerprint density at radius 1 is 1.25 bits per heavy atom. The lowest BCUT2D eigenvalue weighted by Gasteiger charge is -2.29. The van der Waals surface area contributed by atoms with Crippen LogP contribution in [0.2, 0.25) is 0 Å². The Balaban J connectivity index is 2.16. The van der Waals surface area contributed by atoms with E-state index in [1.54, 1.807) is 5.32 Å². The summed E-state index contributed by atoms with van der Waals surface area (Å²) in [5.74, 6) is -3.54. The molecule has 0 unspecified atom stereocenters. The number of halogens is 3. The van der Waals surface area contributed by atoms with Crippen molar-refractivity contribution in [1.29, 1.82) is 0 Å². The van der Waals surface area contributed by atoms with Crippen LogP contribution in [0.5, 0.6) is 5.75 Å². The Morgan fingerprint density at radius 2 is 1.80 bits per heavy atom. The highest BCUT2D eigenvalue weighted by Gasteiger charge is 2.61. The van der Waals surface area contributed by atoms with Crippen LogP contribution < -0.4 is 10.1 Å². The quantitative estimate of drug-likeness (QED) is 0.920. The van der Waals surface area contributed by atoms with Crippen LogP contribution in [-0.2, 0) is 9.47 Å². The van der Waals surface area contributed by atoms with E-state index in [0.29, 0.717) is 5.75 Å². The SMILES string of the molecule is COc1ccc(C(=O)NC2(C(F)(F)F)OCCO2)cc1. The Labute approximate surface area is 112 Å². The number of carbonyl (C=O) groups is 1. The van der Waals surface area contributed by atoms with Crippen molar-refractivity contribution in [3.63, 3.8) is 0 Å². The molecule has 0 aromatic heterocycles. The van der Waals surface area contributed by atoms with Crippen LogP contribution in [0.3, 0.4) is 0 Å². The lowest BCUT2D eigenvalue weighted by molar-refractivity contribution is -0.351. The molecule has 1 aliphatic heterocycles. The molecule has 0 spiro atoms. The highest BCUT2D eigenvalue weighted by Crippen LogP contribution is 2.35. The maximum atomic E-state index is 12.9. The van der Waals surface area contributed by atoms with Crippen molar-refractivity contribution in [2.75, 3.05) is 20.3 Å². The van der Waals surface area contributed by atoms with Crippen LogP contribution in [0, 0.1) is 0 Å². The smallest absolute Gasteiger partial charge is 0.465 e. The minimum absolute atomic E-state index is 0.0357. The summed E-state index contributed by atoms with van der Waals surface area (Å²) in [6, 6.07) is 5.61. The van der Waals surface area contributed by atoms with Crippen molar-refractivity contribution in [2.24, 2.45) is 0 Å². The number of rotatable bonds is 3. The molecule has 0 aliphatic carbocycles. The van der Waals surface area contributed by atoms with Crippen LogP contribution in [0.15, 0.2) is 24.3 Å². The zero-order valence-electron chi connectivity index (χ0n) is 10.5. The number of carbonyl (C=O) groups excluding carboxylic acids is 1. The van der Waals surface area contributed by atoms with Crippen molar-refractivity contribution in [3.05, 3.63) is 29.8 Å². The molecule has 8 heteroatoms. The molecule has 0 bridgehead atoms. The molecule has 0 radical (unpaired) electrons. The van der Waals surface area contributed by atoms with Gasteiger partial charge in [-0.1, -0.05) is 0 Å². The molecule has 1 aromatic carbocycles. The first-order valence-corrected chi connectivity index (χ1v) is 5.69. The molecule has 0 atom stereocenters. The first-order chi connectivity index (χ1) is 9.38. The van der Waals surface area contributed by atoms with Crippen LogP contribution >= 0.6 is 0 Å². The molecule has 1 heterocycles. The Morgan fingerprint density at radius 3 is 2.25 bits per heavy atom. The van der Waals surface area contributed by atoms with Crippen molar-refractivity contribution >= 4 is 5.91 Å². The third kappa shape index (κ3) is 2.70. The largest absolute Gasteiger partial charge is 0.497 e. The lowest BCUT2D eigenvalue weighted by Crippen LogP contribution is -2.59. The molecule has 20 heavy (non-hydrogen) atoms. The molecule has 5 nitrogen and oxygen atoms in total. The van der Waals surface area contributed by atoms with E-state index < -0.39 is 18.0 Å². The van der Waals surface area contributed by atoms with Gasteiger partial charge in [0.25, 0.3) is 5.91 Å². The van der Waals surface area contributed by atoms with Crippen LogP contribution in [0.1, 0.15) is 10.4 Å². The van der Waals surface area contributed by atoms with Gasteiger partial charge in [-0.2, -0.15) is 13.2 Å². The zero-order chi connectivity index (χ0) is 14.8. The Kier molecular flexibility index (Phi) is 3.87. The van der Waals surface area contributed by atoms with Gasteiger partial charge in [0.2, 0.25) is 0 Å². The summed E-state index contributed by atoms with van der Waals surface area (Å²) in [5, 5.41) is 1.74. The monoisotopic (exact) mass is 291 g/mol. The molecule has 110 valence electrons. The van der Waals surface area contributed by atoms with Gasteiger partial charge in [0.15, 0.2) is 0 Å². The number of hydrogen-bond acceptors (Lipinski definition) is 4. The summed E-state index contributed by atoms with van der Waals surface area (Å²) in [7, 11) is 1.44. The van der Waals surface area contributed by atoms with Gasteiger partial charge in [-0.3, -0.25) is 10.1 Å². The predicted octanol–water partition coefficient (Wildman–Crippen LogP) is 1.69. The summed E-state index contributed by atoms with van der Waals surface area (Å²) in [6.45, 7) is -0.495. The number of hydrogen-bond donors (Lipinski definition) is 1. The van der Waals surface area contributed by atoms with E-state index >= 15 is 0 Å². The van der Waals surface area contributed by atoms with Gasteiger partial charge < -0.3 is 14.2 Å². The Hall–Kier alpha value is -1.80. The summed E-state index contributed by atoms with van der Waals surface area (Å²) >= 11 is 0. The third-order valence-corrected chi connectivity index (χ3v) is 2.70. The molecule has 1 N–H and O–H groups in total. The van der Waals surface area contributed by atoms with Gasteiger partial charge in [0, 0.05) is 5.56 Å². The molecule has 2 rings (SSSR count). The molecular weight excluding hydrogens is 279 g/mol. The van der Waals surface area contributed by atoms with Crippen molar-refractivity contribution in [3.8, 4) is 5.75 Å². The van der Waals surface area contributed by atoms with Crippen molar-refractivity contribution in [1.82, 2.24) is 5.32 Å². The van der Waals surface area contributed by atoms with Crippen molar-refractivity contribution < 1.29 is 32.2 Å². The summed E-state index contributed by atoms with van der Waals surface area (Å²) in [5.41, 5.74) is 0.0357. The van der Waals surface area contributed by atoms with E-state index in [4.69, 9.17) is 4.74 Å². The zero-order valence-corrected chi connectivity index (χ0v) is 10.5. The number of nitrogens with one attached hydrogen (secondary N) is 1. The van der Waals surface area contributed by atoms with E-state index in [2.05, 4.69) is 9.47 Å². The molecule has 1 saturated heterocycles. The van der Waals surface area contributed by atoms with Crippen LogP contribution in [-0.4, -0.2) is 38.3 Å². The average Bonchev–Trinajstić information content (AvgIpc) is 2.88. The van der Waals surface area contributed by atoms with Gasteiger partial charge in [-0.25, -0.2) is 0 Å². The summed E-state index contributed by atoms with van der Waals surface area (Å²) in [6.07, 6.45) is -4.87. The average molecular weight is 291 g/mol. The molecule has 1 aromatic rings. The van der Waals surface area contributed by atoms with Crippen LogP contribution in [0.25, 0.3) is 0 Å². The van der Waals surface area contributed by atoms with Gasteiger partial charge in [0.1, 0.15) is 5.75 Å².